The van der Waals surface area contributed by atoms with Crippen molar-refractivity contribution in [3.05, 3.63) is 53.4 Å². The molecule has 4 rings (SSSR count). The molecule has 1 atom stereocenters. The Hall–Kier alpha value is -3.69. The number of H-pyrrole nitrogens is 1. The highest BCUT2D eigenvalue weighted by Crippen LogP contribution is 2.42. The van der Waals surface area contributed by atoms with Crippen LogP contribution in [0, 0.1) is 11.6 Å². The van der Waals surface area contributed by atoms with E-state index in [1.807, 2.05) is 0 Å². The molecule has 0 fully saturated rings. The normalized spacial score (nSPS) is 15.5. The van der Waals surface area contributed by atoms with Gasteiger partial charge < -0.3 is 14.8 Å². The molecule has 1 amide bonds. The van der Waals surface area contributed by atoms with Crippen LogP contribution in [0.25, 0.3) is 11.4 Å². The zero-order chi connectivity index (χ0) is 23.7. The maximum absolute atomic E-state index is 15.1. The lowest BCUT2D eigenvalue weighted by Gasteiger charge is -2.19. The van der Waals surface area contributed by atoms with Gasteiger partial charge in [0.15, 0.2) is 23.1 Å². The molecule has 0 saturated carbocycles. The molecule has 2 heterocycles. The largest absolute Gasteiger partial charge is 0.494 e. The van der Waals surface area contributed by atoms with Crippen molar-refractivity contribution >= 4 is 11.6 Å². The van der Waals surface area contributed by atoms with E-state index in [-0.39, 0.29) is 23.0 Å². The van der Waals surface area contributed by atoms with Crippen LogP contribution >= 0.6 is 0 Å². The fraction of sp³-hybridized carbons (Fsp3) is 0.348. The van der Waals surface area contributed by atoms with Gasteiger partial charge >= 0.3 is 0 Å². The van der Waals surface area contributed by atoms with Gasteiger partial charge in [-0.05, 0) is 37.7 Å². The number of aromatic amines is 1. The molecular weight excluding hydrogens is 432 g/mol. The first kappa shape index (κ1) is 22.5. The Labute approximate surface area is 189 Å². The van der Waals surface area contributed by atoms with Crippen LogP contribution in [0.15, 0.2) is 24.9 Å². The number of aromatic nitrogens is 4. The summed E-state index contributed by atoms with van der Waals surface area (Å²) >= 11 is 0. The molecule has 1 aliphatic rings. The van der Waals surface area contributed by atoms with Crippen molar-refractivity contribution < 1.29 is 23.0 Å². The summed E-state index contributed by atoms with van der Waals surface area (Å²) in [7, 11) is 4.43. The number of hydrogen-bond donors (Lipinski definition) is 2. The lowest BCUT2D eigenvalue weighted by Crippen LogP contribution is -2.10. The van der Waals surface area contributed by atoms with Crippen LogP contribution in [0.3, 0.4) is 0 Å². The Kier molecular flexibility index (Phi) is 6.17. The maximum atomic E-state index is 15.1. The molecule has 2 N–H and O–H groups in total. The first-order valence-corrected chi connectivity index (χ1v) is 10.5. The van der Waals surface area contributed by atoms with Gasteiger partial charge in [0.1, 0.15) is 11.4 Å². The number of benzene rings is 1. The monoisotopic (exact) mass is 457 g/mol. The SMILES string of the molecule is C=CC(=O)Nc1cnn(C)c1-c1n[nH]c2c1CCC[C@H](c1c(F)c(OC)cc(OC)c1F)C2. The fourth-order valence-electron chi connectivity index (χ4n) is 4.41. The average Bonchev–Trinajstić information content (AvgIpc) is 3.28. The summed E-state index contributed by atoms with van der Waals surface area (Å²) in [5.74, 6) is -2.35. The summed E-state index contributed by atoms with van der Waals surface area (Å²) in [6.07, 6.45) is 5.00. The van der Waals surface area contributed by atoms with Gasteiger partial charge in [0, 0.05) is 29.9 Å². The number of nitrogens with one attached hydrogen (secondary N) is 2. The van der Waals surface area contributed by atoms with Gasteiger partial charge in [0.25, 0.3) is 0 Å². The van der Waals surface area contributed by atoms with Crippen molar-refractivity contribution in [2.45, 2.75) is 31.6 Å². The number of ether oxygens (including phenoxy) is 2. The van der Waals surface area contributed by atoms with E-state index in [4.69, 9.17) is 9.47 Å². The zero-order valence-corrected chi connectivity index (χ0v) is 18.7. The molecular formula is C23H25F2N5O3. The second-order valence-corrected chi connectivity index (χ2v) is 7.87. The van der Waals surface area contributed by atoms with E-state index in [1.165, 1.54) is 26.4 Å². The van der Waals surface area contributed by atoms with Crippen molar-refractivity contribution in [2.75, 3.05) is 19.5 Å². The topological polar surface area (TPSA) is 94.1 Å². The highest BCUT2D eigenvalue weighted by molar-refractivity contribution is 6.01. The molecule has 0 spiro atoms. The van der Waals surface area contributed by atoms with Crippen molar-refractivity contribution in [1.82, 2.24) is 20.0 Å². The molecule has 3 aromatic rings. The van der Waals surface area contributed by atoms with Gasteiger partial charge in [-0.3, -0.25) is 14.6 Å². The van der Waals surface area contributed by atoms with Crippen LogP contribution in [-0.2, 0) is 24.7 Å². The molecule has 0 radical (unpaired) electrons. The van der Waals surface area contributed by atoms with E-state index in [0.717, 1.165) is 11.3 Å². The van der Waals surface area contributed by atoms with E-state index in [9.17, 15) is 4.79 Å². The van der Waals surface area contributed by atoms with Crippen LogP contribution < -0.4 is 14.8 Å². The lowest BCUT2D eigenvalue weighted by molar-refractivity contribution is -0.111. The summed E-state index contributed by atoms with van der Waals surface area (Å²) in [6.45, 7) is 3.47. The Bertz CT molecular complexity index is 1190. The van der Waals surface area contributed by atoms with Crippen molar-refractivity contribution in [2.24, 2.45) is 7.05 Å². The number of nitrogens with zero attached hydrogens (tertiary/aromatic N) is 3. The molecule has 0 aliphatic heterocycles. The molecule has 0 saturated heterocycles. The van der Waals surface area contributed by atoms with Crippen LogP contribution in [-0.4, -0.2) is 40.1 Å². The standard InChI is InChI=1S/C23H25F2N5O3/c1-5-18(31)27-15-11-26-30(2)23(15)22-13-8-6-7-12(9-14(13)28-29-22)19-20(24)16(32-3)10-17(33-4)21(19)25/h5,10-12H,1,6-9H2,2-4H3,(H,27,31)(H,28,29)/t12-/m0/s1. The lowest BCUT2D eigenvalue weighted by atomic mass is 9.90. The minimum absolute atomic E-state index is 0.0466. The van der Waals surface area contributed by atoms with Crippen LogP contribution in [0.1, 0.15) is 35.6 Å². The third-order valence-corrected chi connectivity index (χ3v) is 6.00. The predicted molar refractivity (Wildman–Crippen MR) is 118 cm³/mol. The number of carbonyl (C=O) groups excluding carboxylic acids is 1. The number of aryl methyl sites for hydroxylation is 1. The number of methoxy groups -OCH3 is 2. The van der Waals surface area contributed by atoms with E-state index in [2.05, 4.69) is 27.2 Å². The Morgan fingerprint density at radius 3 is 2.64 bits per heavy atom. The third-order valence-electron chi connectivity index (χ3n) is 6.00. The summed E-state index contributed by atoms with van der Waals surface area (Å²) < 4.78 is 42.1. The number of hydrogen-bond acceptors (Lipinski definition) is 5. The van der Waals surface area contributed by atoms with E-state index in [1.54, 1.807) is 17.9 Å². The number of amides is 1. The predicted octanol–water partition coefficient (Wildman–Crippen LogP) is 3.89. The Balaban J connectivity index is 1.74. The number of fused-ring (bicyclic) bond motifs is 1. The number of rotatable bonds is 6. The van der Waals surface area contributed by atoms with Crippen LogP contribution in [0.5, 0.6) is 11.5 Å². The summed E-state index contributed by atoms with van der Waals surface area (Å²) in [5, 5.41) is 14.5. The molecule has 8 nitrogen and oxygen atoms in total. The maximum Gasteiger partial charge on any atom is 0.247 e. The molecule has 0 bridgehead atoms. The number of anilines is 1. The minimum atomic E-state index is -0.718. The first-order chi connectivity index (χ1) is 15.9. The zero-order valence-electron chi connectivity index (χ0n) is 18.7. The smallest absolute Gasteiger partial charge is 0.247 e. The summed E-state index contributed by atoms with van der Waals surface area (Å²) in [5.41, 5.74) is 3.47. The first-order valence-electron chi connectivity index (χ1n) is 10.5. The molecule has 1 aliphatic carbocycles. The summed E-state index contributed by atoms with van der Waals surface area (Å²) in [6, 6.07) is 1.21. The average molecular weight is 457 g/mol. The minimum Gasteiger partial charge on any atom is -0.494 e. The van der Waals surface area contributed by atoms with E-state index >= 15 is 8.78 Å². The van der Waals surface area contributed by atoms with Gasteiger partial charge in [-0.1, -0.05) is 6.58 Å². The Morgan fingerprint density at radius 2 is 2.00 bits per heavy atom. The second-order valence-electron chi connectivity index (χ2n) is 7.87. The van der Waals surface area contributed by atoms with Gasteiger partial charge in [0.05, 0.1) is 26.1 Å². The molecule has 33 heavy (non-hydrogen) atoms. The fourth-order valence-corrected chi connectivity index (χ4v) is 4.41. The molecule has 1 aromatic carbocycles. The molecule has 2 aromatic heterocycles. The Morgan fingerprint density at radius 1 is 1.30 bits per heavy atom. The highest BCUT2D eigenvalue weighted by atomic mass is 19.1. The summed E-state index contributed by atoms with van der Waals surface area (Å²) in [4.78, 5) is 11.8. The quantitative estimate of drug-likeness (QED) is 0.433. The molecule has 174 valence electrons. The molecule has 10 heteroatoms. The van der Waals surface area contributed by atoms with Gasteiger partial charge in [-0.2, -0.15) is 10.2 Å². The van der Waals surface area contributed by atoms with Crippen LogP contribution in [0.4, 0.5) is 14.5 Å². The van der Waals surface area contributed by atoms with E-state index < -0.39 is 17.6 Å². The van der Waals surface area contributed by atoms with Gasteiger partial charge in [-0.25, -0.2) is 8.78 Å². The van der Waals surface area contributed by atoms with Crippen molar-refractivity contribution in [1.29, 1.82) is 0 Å². The number of halogens is 2. The van der Waals surface area contributed by atoms with Crippen molar-refractivity contribution in [3.63, 3.8) is 0 Å². The van der Waals surface area contributed by atoms with Crippen molar-refractivity contribution in [3.8, 4) is 22.9 Å². The third kappa shape index (κ3) is 3.96. The van der Waals surface area contributed by atoms with Gasteiger partial charge in [0.2, 0.25) is 5.91 Å². The molecule has 0 unspecified atom stereocenters. The second kappa shape index (κ2) is 9.05. The van der Waals surface area contributed by atoms with E-state index in [0.29, 0.717) is 42.8 Å². The highest BCUT2D eigenvalue weighted by Gasteiger charge is 2.31. The number of carbonyl (C=O) groups is 1. The van der Waals surface area contributed by atoms with Gasteiger partial charge in [-0.15, -0.1) is 0 Å². The van der Waals surface area contributed by atoms with Crippen LogP contribution in [0.2, 0.25) is 0 Å².